The number of anilines is 1. The molecule has 1 amide bonds. The molecule has 0 aromatic heterocycles. The second kappa shape index (κ2) is 7.94. The molecule has 1 atom stereocenters. The number of benzene rings is 1. The molecule has 0 spiro atoms. The first-order valence-corrected chi connectivity index (χ1v) is 8.34. The normalized spacial score (nSPS) is 17.8. The maximum atomic E-state index is 12.1. The topological polar surface area (TPSA) is 75.5 Å². The van der Waals surface area contributed by atoms with Crippen LogP contribution in [0.2, 0.25) is 0 Å². The Balaban J connectivity index is 2.21. The molecule has 6 nitrogen and oxygen atoms in total. The minimum atomic E-state index is -0.391. The van der Waals surface area contributed by atoms with Crippen LogP contribution in [0, 0.1) is 16.0 Å². The van der Waals surface area contributed by atoms with Gasteiger partial charge >= 0.3 is 0 Å². The summed E-state index contributed by atoms with van der Waals surface area (Å²) in [6, 6.07) is 4.80. The zero-order chi connectivity index (χ0) is 16.8. The molecule has 0 bridgehead atoms. The van der Waals surface area contributed by atoms with E-state index in [-0.39, 0.29) is 11.6 Å². The molecule has 1 aliphatic rings. The number of carbonyl (C=O) groups is 1. The molecule has 1 heterocycles. The fourth-order valence-corrected chi connectivity index (χ4v) is 2.97. The summed E-state index contributed by atoms with van der Waals surface area (Å²) in [7, 11) is 0. The van der Waals surface area contributed by atoms with Crippen LogP contribution in [-0.2, 0) is 0 Å². The van der Waals surface area contributed by atoms with Gasteiger partial charge in [0.05, 0.1) is 4.92 Å². The van der Waals surface area contributed by atoms with Gasteiger partial charge in [-0.3, -0.25) is 14.9 Å². The van der Waals surface area contributed by atoms with Gasteiger partial charge in [-0.25, -0.2) is 0 Å². The molecule has 0 saturated carbocycles. The molecule has 1 saturated heterocycles. The van der Waals surface area contributed by atoms with E-state index in [4.69, 9.17) is 0 Å². The zero-order valence-electron chi connectivity index (χ0n) is 13.9. The maximum Gasteiger partial charge on any atom is 0.293 e. The molecule has 0 aliphatic carbocycles. The number of nitrogens with zero attached hydrogens (tertiary/aromatic N) is 2. The summed E-state index contributed by atoms with van der Waals surface area (Å²) in [5, 5.41) is 14.2. The Kier molecular flexibility index (Phi) is 5.96. The summed E-state index contributed by atoms with van der Waals surface area (Å²) in [5.41, 5.74) is 0.982. The molecular formula is C17H25N3O3. The number of unbranched alkanes of at least 4 members (excludes halogenated alkanes) is 1. The number of carbonyl (C=O) groups excluding carboxylic acids is 1. The third kappa shape index (κ3) is 4.43. The Morgan fingerprint density at radius 2 is 2.26 bits per heavy atom. The standard InChI is InChI=1S/C17H25N3O3/c1-3-4-9-18-17(21)14-7-8-15(16(11-14)20(22)23)19-10-5-6-13(2)12-19/h7-8,11,13H,3-6,9-10,12H2,1-2H3,(H,18,21)/t13-/m1/s1. The van der Waals surface area contributed by atoms with Crippen molar-refractivity contribution in [3.05, 3.63) is 33.9 Å². The molecule has 6 heteroatoms. The van der Waals surface area contributed by atoms with E-state index in [1.165, 1.54) is 6.07 Å². The van der Waals surface area contributed by atoms with Crippen LogP contribution in [0.25, 0.3) is 0 Å². The summed E-state index contributed by atoms with van der Waals surface area (Å²) in [6.07, 6.45) is 4.09. The average molecular weight is 319 g/mol. The molecule has 23 heavy (non-hydrogen) atoms. The summed E-state index contributed by atoms with van der Waals surface area (Å²) >= 11 is 0. The number of nitro groups is 1. The van der Waals surface area contributed by atoms with Crippen LogP contribution in [0.4, 0.5) is 11.4 Å². The van der Waals surface area contributed by atoms with Crippen LogP contribution in [0.3, 0.4) is 0 Å². The van der Waals surface area contributed by atoms with Gasteiger partial charge in [0.25, 0.3) is 11.6 Å². The first-order chi connectivity index (χ1) is 11.0. The van der Waals surface area contributed by atoms with Crippen LogP contribution >= 0.6 is 0 Å². The number of hydrogen-bond donors (Lipinski definition) is 1. The van der Waals surface area contributed by atoms with Crippen LogP contribution in [0.15, 0.2) is 18.2 Å². The Hall–Kier alpha value is -2.11. The fourth-order valence-electron chi connectivity index (χ4n) is 2.97. The first kappa shape index (κ1) is 17.2. The number of amides is 1. The molecule has 1 fully saturated rings. The van der Waals surface area contributed by atoms with E-state index in [1.807, 2.05) is 6.92 Å². The van der Waals surface area contributed by atoms with Gasteiger partial charge in [0.2, 0.25) is 0 Å². The summed E-state index contributed by atoms with van der Waals surface area (Å²) in [5.74, 6) is 0.278. The van der Waals surface area contributed by atoms with Crippen LogP contribution in [-0.4, -0.2) is 30.5 Å². The highest BCUT2D eigenvalue weighted by Crippen LogP contribution is 2.32. The number of hydrogen-bond acceptors (Lipinski definition) is 4. The molecule has 1 aliphatic heterocycles. The minimum Gasteiger partial charge on any atom is -0.366 e. The third-order valence-corrected chi connectivity index (χ3v) is 4.25. The van der Waals surface area contributed by atoms with Gasteiger partial charge < -0.3 is 10.2 Å². The lowest BCUT2D eigenvalue weighted by Gasteiger charge is -2.32. The van der Waals surface area contributed by atoms with E-state index in [9.17, 15) is 14.9 Å². The van der Waals surface area contributed by atoms with E-state index >= 15 is 0 Å². The third-order valence-electron chi connectivity index (χ3n) is 4.25. The highest BCUT2D eigenvalue weighted by Gasteiger charge is 2.25. The van der Waals surface area contributed by atoms with E-state index < -0.39 is 4.92 Å². The van der Waals surface area contributed by atoms with Gasteiger partial charge in [-0.15, -0.1) is 0 Å². The lowest BCUT2D eigenvalue weighted by Crippen LogP contribution is -2.34. The lowest BCUT2D eigenvalue weighted by atomic mass is 9.99. The van der Waals surface area contributed by atoms with Gasteiger partial charge in [-0.1, -0.05) is 20.3 Å². The fraction of sp³-hybridized carbons (Fsp3) is 0.588. The van der Waals surface area contributed by atoms with Crippen molar-refractivity contribution in [1.29, 1.82) is 0 Å². The predicted molar refractivity (Wildman–Crippen MR) is 90.9 cm³/mol. The number of rotatable bonds is 6. The number of piperidine rings is 1. The van der Waals surface area contributed by atoms with Crippen molar-refractivity contribution in [2.45, 2.75) is 39.5 Å². The van der Waals surface area contributed by atoms with Gasteiger partial charge in [0, 0.05) is 31.3 Å². The van der Waals surface area contributed by atoms with Gasteiger partial charge in [-0.05, 0) is 37.3 Å². The van der Waals surface area contributed by atoms with Crippen molar-refractivity contribution in [2.75, 3.05) is 24.5 Å². The van der Waals surface area contributed by atoms with Crippen molar-refractivity contribution in [1.82, 2.24) is 5.32 Å². The monoisotopic (exact) mass is 319 g/mol. The second-order valence-corrected chi connectivity index (χ2v) is 6.26. The number of nitro benzene ring substituents is 1. The van der Waals surface area contributed by atoms with Crippen molar-refractivity contribution >= 4 is 17.3 Å². The molecule has 0 unspecified atom stereocenters. The smallest absolute Gasteiger partial charge is 0.293 e. The summed E-state index contributed by atoms with van der Waals surface area (Å²) in [4.78, 5) is 25.2. The SMILES string of the molecule is CCCCNC(=O)c1ccc(N2CCC[C@@H](C)C2)c([N+](=O)[O-])c1. The van der Waals surface area contributed by atoms with Gasteiger partial charge in [0.1, 0.15) is 5.69 Å². The highest BCUT2D eigenvalue weighted by atomic mass is 16.6. The van der Waals surface area contributed by atoms with Crippen LogP contribution in [0.5, 0.6) is 0 Å². The lowest BCUT2D eigenvalue weighted by molar-refractivity contribution is -0.384. The van der Waals surface area contributed by atoms with Gasteiger partial charge in [-0.2, -0.15) is 0 Å². The molecule has 2 rings (SSSR count). The molecule has 0 radical (unpaired) electrons. The van der Waals surface area contributed by atoms with Crippen LogP contribution < -0.4 is 10.2 Å². The summed E-state index contributed by atoms with van der Waals surface area (Å²) in [6.45, 7) is 6.45. The molecule has 1 N–H and O–H groups in total. The van der Waals surface area contributed by atoms with E-state index in [0.717, 1.165) is 38.8 Å². The summed E-state index contributed by atoms with van der Waals surface area (Å²) < 4.78 is 0. The minimum absolute atomic E-state index is 0.0160. The molecule has 1 aromatic rings. The quantitative estimate of drug-likeness (QED) is 0.495. The van der Waals surface area contributed by atoms with Crippen LogP contribution in [0.1, 0.15) is 49.9 Å². The van der Waals surface area contributed by atoms with E-state index in [1.54, 1.807) is 12.1 Å². The van der Waals surface area contributed by atoms with Crippen molar-refractivity contribution in [2.24, 2.45) is 5.92 Å². The van der Waals surface area contributed by atoms with E-state index in [2.05, 4.69) is 17.1 Å². The Labute approximate surface area is 137 Å². The predicted octanol–water partition coefficient (Wildman–Crippen LogP) is 3.36. The molecule has 1 aromatic carbocycles. The van der Waals surface area contributed by atoms with Gasteiger partial charge in [0.15, 0.2) is 0 Å². The van der Waals surface area contributed by atoms with Crippen molar-refractivity contribution in [3.63, 3.8) is 0 Å². The van der Waals surface area contributed by atoms with E-state index in [0.29, 0.717) is 23.7 Å². The second-order valence-electron chi connectivity index (χ2n) is 6.26. The first-order valence-electron chi connectivity index (χ1n) is 8.34. The average Bonchev–Trinajstić information content (AvgIpc) is 2.54. The Morgan fingerprint density at radius 1 is 1.48 bits per heavy atom. The molecular weight excluding hydrogens is 294 g/mol. The van der Waals surface area contributed by atoms with Crippen molar-refractivity contribution < 1.29 is 9.72 Å². The Morgan fingerprint density at radius 3 is 2.91 bits per heavy atom. The maximum absolute atomic E-state index is 12.1. The zero-order valence-corrected chi connectivity index (χ0v) is 13.9. The molecule has 126 valence electrons. The van der Waals surface area contributed by atoms with Crippen molar-refractivity contribution in [3.8, 4) is 0 Å². The largest absolute Gasteiger partial charge is 0.366 e. The highest BCUT2D eigenvalue weighted by molar-refractivity contribution is 5.95. The Bertz CT molecular complexity index is 574. The number of nitrogens with one attached hydrogen (secondary N) is 1.